The van der Waals surface area contributed by atoms with Gasteiger partial charge in [0.15, 0.2) is 6.10 Å². The van der Waals surface area contributed by atoms with Crippen molar-refractivity contribution in [3.63, 3.8) is 0 Å². The molecule has 1 heterocycles. The number of hydrogen-bond donors (Lipinski definition) is 0. The van der Waals surface area contributed by atoms with E-state index >= 15 is 0 Å². The number of carbonyl (C=O) groups excluding carboxylic acids is 1. The predicted molar refractivity (Wildman–Crippen MR) is 99.4 cm³/mol. The van der Waals surface area contributed by atoms with Crippen LogP contribution >= 0.6 is 0 Å². The minimum atomic E-state index is -0.612. The first-order valence-electron chi connectivity index (χ1n) is 9.20. The van der Waals surface area contributed by atoms with Gasteiger partial charge in [-0.05, 0) is 17.5 Å². The van der Waals surface area contributed by atoms with E-state index in [-0.39, 0.29) is 24.1 Å². The van der Waals surface area contributed by atoms with Crippen molar-refractivity contribution >= 4 is 5.97 Å². The van der Waals surface area contributed by atoms with Crippen molar-refractivity contribution in [2.45, 2.75) is 51.8 Å². The normalized spacial score (nSPS) is 25.7. The Labute approximate surface area is 155 Å². The molecule has 1 aliphatic heterocycles. The Morgan fingerprint density at radius 1 is 0.885 bits per heavy atom. The highest BCUT2D eigenvalue weighted by Gasteiger charge is 2.44. The van der Waals surface area contributed by atoms with Gasteiger partial charge in [-0.1, -0.05) is 74.5 Å². The van der Waals surface area contributed by atoms with Crippen LogP contribution in [0.2, 0.25) is 0 Å². The van der Waals surface area contributed by atoms with Crippen molar-refractivity contribution in [2.75, 3.05) is 0 Å². The van der Waals surface area contributed by atoms with E-state index in [9.17, 15) is 4.79 Å². The summed E-state index contributed by atoms with van der Waals surface area (Å²) in [6.07, 6.45) is -0.309. The van der Waals surface area contributed by atoms with Crippen LogP contribution in [0.3, 0.4) is 0 Å². The number of ether oxygens (including phenoxy) is 3. The van der Waals surface area contributed by atoms with Gasteiger partial charge < -0.3 is 14.2 Å². The third-order valence-corrected chi connectivity index (χ3v) is 4.82. The largest absolute Gasteiger partial charge is 0.458 e. The van der Waals surface area contributed by atoms with Crippen molar-refractivity contribution in [1.82, 2.24) is 0 Å². The highest BCUT2D eigenvalue weighted by atomic mass is 16.6. The van der Waals surface area contributed by atoms with Crippen LogP contribution in [0.5, 0.6) is 0 Å². The van der Waals surface area contributed by atoms with Crippen LogP contribution in [0.15, 0.2) is 60.7 Å². The summed E-state index contributed by atoms with van der Waals surface area (Å²) in [4.78, 5) is 12.4. The monoisotopic (exact) mass is 354 g/mol. The van der Waals surface area contributed by atoms with Crippen molar-refractivity contribution < 1.29 is 19.0 Å². The highest BCUT2D eigenvalue weighted by Crippen LogP contribution is 2.30. The number of benzene rings is 2. The number of esters is 1. The summed E-state index contributed by atoms with van der Waals surface area (Å²) < 4.78 is 17.7. The lowest BCUT2D eigenvalue weighted by molar-refractivity contribution is -0.206. The van der Waals surface area contributed by atoms with Gasteiger partial charge in [-0.15, -0.1) is 0 Å². The van der Waals surface area contributed by atoms with E-state index in [1.807, 2.05) is 74.5 Å². The van der Waals surface area contributed by atoms with E-state index in [1.165, 1.54) is 0 Å². The molecule has 0 radical (unpaired) electrons. The Hall–Kier alpha value is -2.17. The van der Waals surface area contributed by atoms with Gasteiger partial charge in [0.2, 0.25) is 0 Å². The van der Waals surface area contributed by atoms with Crippen molar-refractivity contribution in [3.8, 4) is 0 Å². The van der Waals surface area contributed by atoms with E-state index in [0.29, 0.717) is 13.2 Å². The Balaban J connectivity index is 1.65. The fourth-order valence-electron chi connectivity index (χ4n) is 3.33. The molecule has 0 amide bonds. The fraction of sp³-hybridized carbons (Fsp3) is 0.409. The minimum Gasteiger partial charge on any atom is -0.458 e. The molecule has 3 rings (SSSR count). The summed E-state index contributed by atoms with van der Waals surface area (Å²) in [5.74, 6) is -0.367. The third kappa shape index (κ3) is 4.51. The second-order valence-corrected chi connectivity index (χ2v) is 6.72. The lowest BCUT2D eigenvalue weighted by Gasteiger charge is -2.39. The van der Waals surface area contributed by atoms with E-state index in [1.54, 1.807) is 0 Å². The van der Waals surface area contributed by atoms with Gasteiger partial charge in [0.05, 0.1) is 13.2 Å². The summed E-state index contributed by atoms with van der Waals surface area (Å²) in [6, 6.07) is 19.9. The minimum absolute atomic E-state index is 0.0753. The smallest absolute Gasteiger partial charge is 0.336 e. The molecular weight excluding hydrogens is 328 g/mol. The summed E-state index contributed by atoms with van der Waals surface area (Å²) in [5, 5.41) is 0. The Bertz CT molecular complexity index is 686. The molecule has 2 aromatic rings. The molecule has 138 valence electrons. The summed E-state index contributed by atoms with van der Waals surface area (Å²) in [5.41, 5.74) is 2.14. The summed E-state index contributed by atoms with van der Waals surface area (Å²) in [7, 11) is 0. The molecule has 0 aromatic heterocycles. The number of rotatable bonds is 7. The quantitative estimate of drug-likeness (QED) is 0.702. The molecule has 0 bridgehead atoms. The Morgan fingerprint density at radius 3 is 1.96 bits per heavy atom. The first-order chi connectivity index (χ1) is 12.7. The van der Waals surface area contributed by atoms with Crippen LogP contribution in [0.1, 0.15) is 31.4 Å². The van der Waals surface area contributed by atoms with Gasteiger partial charge in [0.25, 0.3) is 0 Å². The topological polar surface area (TPSA) is 44.8 Å². The van der Waals surface area contributed by atoms with Crippen LogP contribution in [0, 0.1) is 5.92 Å². The fourth-order valence-corrected chi connectivity index (χ4v) is 3.33. The molecule has 0 unspecified atom stereocenters. The van der Waals surface area contributed by atoms with Crippen LogP contribution < -0.4 is 0 Å². The number of cyclic esters (lactones) is 1. The molecule has 2 aromatic carbocycles. The van der Waals surface area contributed by atoms with Crippen molar-refractivity contribution in [3.05, 3.63) is 71.8 Å². The molecule has 4 heteroatoms. The molecule has 0 saturated carbocycles. The maximum absolute atomic E-state index is 12.4. The predicted octanol–water partition coefficient (Wildman–Crippen LogP) is 4.13. The first-order valence-corrected chi connectivity index (χ1v) is 9.20. The second kappa shape index (κ2) is 8.97. The van der Waals surface area contributed by atoms with Crippen LogP contribution in [0.4, 0.5) is 0 Å². The molecule has 4 atom stereocenters. The maximum Gasteiger partial charge on any atom is 0.336 e. The van der Waals surface area contributed by atoms with E-state index in [0.717, 1.165) is 17.5 Å². The molecule has 4 nitrogen and oxygen atoms in total. The van der Waals surface area contributed by atoms with Gasteiger partial charge in [0.1, 0.15) is 12.2 Å². The van der Waals surface area contributed by atoms with Gasteiger partial charge in [-0.25, -0.2) is 4.79 Å². The number of hydrogen-bond acceptors (Lipinski definition) is 4. The summed E-state index contributed by atoms with van der Waals surface area (Å²) in [6.45, 7) is 4.89. The van der Waals surface area contributed by atoms with E-state index in [2.05, 4.69) is 0 Å². The molecule has 1 aliphatic rings. The average Bonchev–Trinajstić information content (AvgIpc) is 2.68. The lowest BCUT2D eigenvalue weighted by Crippen LogP contribution is -2.52. The van der Waals surface area contributed by atoms with Crippen molar-refractivity contribution in [2.24, 2.45) is 5.92 Å². The first kappa shape index (κ1) is 18.6. The van der Waals surface area contributed by atoms with Crippen LogP contribution in [0.25, 0.3) is 0 Å². The molecule has 0 aliphatic carbocycles. The van der Waals surface area contributed by atoms with Gasteiger partial charge >= 0.3 is 5.97 Å². The molecule has 0 N–H and O–H groups in total. The van der Waals surface area contributed by atoms with Gasteiger partial charge in [0, 0.05) is 5.92 Å². The molecular formula is C22H26O4. The molecule has 1 saturated heterocycles. The third-order valence-electron chi connectivity index (χ3n) is 4.82. The van der Waals surface area contributed by atoms with Crippen molar-refractivity contribution in [1.29, 1.82) is 0 Å². The highest BCUT2D eigenvalue weighted by molar-refractivity contribution is 5.76. The zero-order valence-corrected chi connectivity index (χ0v) is 15.3. The van der Waals surface area contributed by atoms with Gasteiger partial charge in [-0.2, -0.15) is 0 Å². The lowest BCUT2D eigenvalue weighted by atomic mass is 9.89. The standard InChI is InChI=1S/C22H26O4/c1-3-19-20(24-14-17-10-6-4-7-11-17)16(2)21(22(23)26-19)25-15-18-12-8-5-9-13-18/h4-13,16,19-21H,3,14-15H2,1-2H3/t16-,19+,20-,21+/m0/s1. The molecule has 0 spiro atoms. The van der Waals surface area contributed by atoms with E-state index < -0.39 is 6.10 Å². The zero-order valence-electron chi connectivity index (χ0n) is 15.3. The summed E-state index contributed by atoms with van der Waals surface area (Å²) >= 11 is 0. The average molecular weight is 354 g/mol. The molecule has 1 fully saturated rings. The van der Waals surface area contributed by atoms with Gasteiger partial charge in [-0.3, -0.25) is 0 Å². The Morgan fingerprint density at radius 2 is 1.42 bits per heavy atom. The molecule has 26 heavy (non-hydrogen) atoms. The zero-order chi connectivity index (χ0) is 18.4. The van der Waals surface area contributed by atoms with Crippen LogP contribution in [-0.2, 0) is 32.2 Å². The van der Waals surface area contributed by atoms with E-state index in [4.69, 9.17) is 14.2 Å². The Kier molecular flexibility index (Phi) is 6.42. The maximum atomic E-state index is 12.4. The second-order valence-electron chi connectivity index (χ2n) is 6.72. The van der Waals surface area contributed by atoms with Crippen LogP contribution in [-0.4, -0.2) is 24.3 Å². The number of carbonyl (C=O) groups is 1. The SMILES string of the molecule is CC[C@H]1OC(=O)[C@H](OCc2ccccc2)[C@@H](C)[C@@H]1OCc1ccccc1.